The van der Waals surface area contributed by atoms with Crippen molar-refractivity contribution in [3.8, 4) is 0 Å². The predicted molar refractivity (Wildman–Crippen MR) is 128 cm³/mol. The average molecular weight is 453 g/mol. The zero-order valence-electron chi connectivity index (χ0n) is 19.4. The van der Waals surface area contributed by atoms with Crippen LogP contribution in [0.1, 0.15) is 44.0 Å². The highest BCUT2D eigenvalue weighted by Gasteiger charge is 2.23. The van der Waals surface area contributed by atoms with E-state index in [1.54, 1.807) is 18.7 Å². The van der Waals surface area contributed by atoms with Gasteiger partial charge in [0.1, 0.15) is 0 Å². The molecule has 6 nitrogen and oxygen atoms in total. The summed E-state index contributed by atoms with van der Waals surface area (Å²) in [5.41, 5.74) is 6.73. The number of halogens is 1. The fraction of sp³-hybridized carbons (Fsp3) is 0.320. The molecule has 32 heavy (non-hydrogen) atoms. The summed E-state index contributed by atoms with van der Waals surface area (Å²) >= 11 is 6.28. The molecule has 2 amide bonds. The van der Waals surface area contributed by atoms with Crippen molar-refractivity contribution in [1.29, 1.82) is 0 Å². The predicted octanol–water partition coefficient (Wildman–Crippen LogP) is 4.84. The Kier molecular flexibility index (Phi) is 7.04. The van der Waals surface area contributed by atoms with Crippen molar-refractivity contribution in [2.24, 2.45) is 0 Å². The van der Waals surface area contributed by atoms with Gasteiger partial charge in [-0.3, -0.25) is 14.3 Å². The minimum absolute atomic E-state index is 0.0554. The third-order valence-electron chi connectivity index (χ3n) is 5.54. The molecule has 0 unspecified atom stereocenters. The van der Waals surface area contributed by atoms with Gasteiger partial charge in [0.2, 0.25) is 5.91 Å². The van der Waals surface area contributed by atoms with Crippen LogP contribution >= 0.6 is 11.6 Å². The van der Waals surface area contributed by atoms with Crippen LogP contribution in [-0.4, -0.2) is 40.1 Å². The molecule has 168 valence electrons. The van der Waals surface area contributed by atoms with E-state index in [1.165, 1.54) is 4.90 Å². The lowest BCUT2D eigenvalue weighted by Crippen LogP contribution is -2.35. The van der Waals surface area contributed by atoms with E-state index in [2.05, 4.69) is 10.4 Å². The van der Waals surface area contributed by atoms with E-state index in [0.717, 1.165) is 33.6 Å². The molecular weight excluding hydrogens is 424 g/mol. The van der Waals surface area contributed by atoms with Gasteiger partial charge in [0.25, 0.3) is 5.91 Å². The molecule has 0 aliphatic heterocycles. The van der Waals surface area contributed by atoms with Crippen LogP contribution in [0, 0.1) is 34.6 Å². The minimum atomic E-state index is -0.241. The van der Waals surface area contributed by atoms with Crippen molar-refractivity contribution < 1.29 is 9.59 Å². The van der Waals surface area contributed by atoms with Crippen molar-refractivity contribution in [3.05, 3.63) is 80.6 Å². The van der Waals surface area contributed by atoms with Crippen molar-refractivity contribution in [1.82, 2.24) is 14.7 Å². The van der Waals surface area contributed by atoms with Crippen LogP contribution in [0.2, 0.25) is 5.02 Å². The lowest BCUT2D eigenvalue weighted by molar-refractivity contribution is -0.116. The molecule has 1 N–H and O–H groups in total. The van der Waals surface area contributed by atoms with Gasteiger partial charge in [0, 0.05) is 23.5 Å². The Balaban J connectivity index is 1.74. The van der Waals surface area contributed by atoms with Gasteiger partial charge in [-0.05, 0) is 57.4 Å². The molecule has 0 fully saturated rings. The number of likely N-dealkylation sites (N-methyl/N-ethyl adjacent to an activating group) is 1. The molecular formula is C25H29ClN4O2. The number of nitrogens with zero attached hydrogens (tertiary/aromatic N) is 3. The first-order valence-electron chi connectivity index (χ1n) is 10.5. The zero-order chi connectivity index (χ0) is 23.6. The second-order valence-corrected chi connectivity index (χ2v) is 8.69. The number of anilines is 1. The van der Waals surface area contributed by atoms with Gasteiger partial charge in [-0.15, -0.1) is 0 Å². The summed E-state index contributed by atoms with van der Waals surface area (Å²) in [6, 6.07) is 11.6. The maximum absolute atomic E-state index is 13.2. The van der Waals surface area contributed by atoms with Gasteiger partial charge in [-0.2, -0.15) is 5.10 Å². The Hall–Kier alpha value is -3.12. The van der Waals surface area contributed by atoms with Gasteiger partial charge in [0.15, 0.2) is 0 Å². The van der Waals surface area contributed by atoms with E-state index >= 15 is 0 Å². The fourth-order valence-corrected chi connectivity index (χ4v) is 4.18. The van der Waals surface area contributed by atoms with Crippen molar-refractivity contribution in [3.63, 3.8) is 0 Å². The van der Waals surface area contributed by atoms with Crippen molar-refractivity contribution in [2.45, 2.75) is 41.2 Å². The lowest BCUT2D eigenvalue weighted by atomic mass is 10.1. The van der Waals surface area contributed by atoms with Crippen LogP contribution < -0.4 is 5.32 Å². The molecule has 0 saturated carbocycles. The molecule has 1 aromatic heterocycles. The molecule has 0 aliphatic rings. The number of nitrogens with one attached hydrogen (secondary N) is 1. The van der Waals surface area contributed by atoms with E-state index in [4.69, 9.17) is 11.6 Å². The van der Waals surface area contributed by atoms with E-state index in [1.807, 2.05) is 64.1 Å². The number of carbonyl (C=O) groups is 2. The number of amides is 2. The normalized spacial score (nSPS) is 10.8. The summed E-state index contributed by atoms with van der Waals surface area (Å²) in [5.74, 6) is -0.479. The smallest absolute Gasteiger partial charge is 0.257 e. The molecule has 3 rings (SSSR count). The number of aryl methyl sites for hydroxylation is 4. The maximum Gasteiger partial charge on any atom is 0.257 e. The summed E-state index contributed by atoms with van der Waals surface area (Å²) in [6.07, 6.45) is 0. The van der Waals surface area contributed by atoms with Crippen LogP contribution in [-0.2, 0) is 11.3 Å². The van der Waals surface area contributed by atoms with Gasteiger partial charge in [-0.1, -0.05) is 47.5 Å². The molecule has 0 radical (unpaired) electrons. The molecule has 3 aromatic rings. The summed E-state index contributed by atoms with van der Waals surface area (Å²) in [4.78, 5) is 27.2. The number of benzene rings is 2. The molecule has 0 saturated heterocycles. The summed E-state index contributed by atoms with van der Waals surface area (Å²) in [5, 5.41) is 8.14. The number of rotatable bonds is 6. The average Bonchev–Trinajstić information content (AvgIpc) is 2.99. The van der Waals surface area contributed by atoms with Gasteiger partial charge < -0.3 is 10.2 Å². The van der Waals surface area contributed by atoms with Gasteiger partial charge in [-0.25, -0.2) is 0 Å². The lowest BCUT2D eigenvalue weighted by Gasteiger charge is -2.19. The first kappa shape index (κ1) is 23.5. The zero-order valence-corrected chi connectivity index (χ0v) is 20.2. The van der Waals surface area contributed by atoms with Crippen molar-refractivity contribution >= 4 is 29.1 Å². The van der Waals surface area contributed by atoms with Crippen molar-refractivity contribution in [2.75, 3.05) is 18.9 Å². The van der Waals surface area contributed by atoms with E-state index in [-0.39, 0.29) is 18.4 Å². The summed E-state index contributed by atoms with van der Waals surface area (Å²) in [7, 11) is 1.63. The Morgan fingerprint density at radius 3 is 2.31 bits per heavy atom. The van der Waals surface area contributed by atoms with E-state index < -0.39 is 0 Å². The fourth-order valence-electron chi connectivity index (χ4n) is 3.98. The second kappa shape index (κ2) is 9.57. The van der Waals surface area contributed by atoms with Gasteiger partial charge in [0.05, 0.1) is 24.3 Å². The Morgan fingerprint density at radius 2 is 1.69 bits per heavy atom. The molecule has 0 aliphatic carbocycles. The van der Waals surface area contributed by atoms with Gasteiger partial charge >= 0.3 is 0 Å². The maximum atomic E-state index is 13.2. The minimum Gasteiger partial charge on any atom is -0.332 e. The second-order valence-electron chi connectivity index (χ2n) is 8.28. The third-order valence-corrected chi connectivity index (χ3v) is 5.91. The summed E-state index contributed by atoms with van der Waals surface area (Å²) in [6.45, 7) is 10.0. The molecule has 1 heterocycles. The van der Waals surface area contributed by atoms with Crippen LogP contribution in [0.15, 0.2) is 36.4 Å². The van der Waals surface area contributed by atoms with Crippen LogP contribution in [0.5, 0.6) is 0 Å². The highest BCUT2D eigenvalue weighted by Crippen LogP contribution is 2.23. The highest BCUT2D eigenvalue weighted by molar-refractivity contribution is 6.31. The van der Waals surface area contributed by atoms with Crippen LogP contribution in [0.25, 0.3) is 0 Å². The quantitative estimate of drug-likeness (QED) is 0.582. The topological polar surface area (TPSA) is 67.2 Å². The van der Waals surface area contributed by atoms with Crippen LogP contribution in [0.4, 0.5) is 5.69 Å². The number of aromatic nitrogens is 2. The number of hydrogen-bond acceptors (Lipinski definition) is 3. The highest BCUT2D eigenvalue weighted by atomic mass is 35.5. The van der Waals surface area contributed by atoms with E-state index in [9.17, 15) is 9.59 Å². The standard InChI is InChI=1S/C25H29ClN4O2/c1-15-11-16(2)24(17(3)12-15)27-22(31)14-29(6)25(32)23-18(4)28-30(19(23)5)13-20-9-7-8-10-21(20)26/h7-12H,13-14H2,1-6H3,(H,27,31). The summed E-state index contributed by atoms with van der Waals surface area (Å²) < 4.78 is 1.77. The number of carbonyl (C=O) groups excluding carboxylic acids is 2. The molecule has 2 aromatic carbocycles. The SMILES string of the molecule is Cc1cc(C)c(NC(=O)CN(C)C(=O)c2c(C)nn(Cc3ccccc3Cl)c2C)c(C)c1. The molecule has 7 heteroatoms. The monoisotopic (exact) mass is 452 g/mol. The Morgan fingerprint density at radius 1 is 1.06 bits per heavy atom. The van der Waals surface area contributed by atoms with Crippen LogP contribution in [0.3, 0.4) is 0 Å². The first-order valence-corrected chi connectivity index (χ1v) is 10.9. The third kappa shape index (κ3) is 5.02. The molecule has 0 spiro atoms. The largest absolute Gasteiger partial charge is 0.332 e. The number of hydrogen-bond donors (Lipinski definition) is 1. The Labute approximate surface area is 194 Å². The Bertz CT molecular complexity index is 1160. The molecule has 0 bridgehead atoms. The first-order chi connectivity index (χ1) is 15.1. The molecule has 0 atom stereocenters. The van der Waals surface area contributed by atoms with E-state index in [0.29, 0.717) is 22.8 Å².